The van der Waals surface area contributed by atoms with Crippen molar-refractivity contribution in [1.29, 1.82) is 0 Å². The fourth-order valence-electron chi connectivity index (χ4n) is 1.92. The number of hydrogen-bond donors (Lipinski definition) is 1. The normalized spacial score (nSPS) is 16.4. The van der Waals surface area contributed by atoms with Crippen LogP contribution in [0.5, 0.6) is 0 Å². The van der Waals surface area contributed by atoms with Crippen LogP contribution in [-0.4, -0.2) is 32.9 Å². The number of nitro benzene ring substituents is 2. The molecule has 2 rings (SSSR count). The first-order chi connectivity index (χ1) is 9.47. The van der Waals surface area contributed by atoms with Crippen LogP contribution in [0.2, 0.25) is 0 Å². The van der Waals surface area contributed by atoms with Gasteiger partial charge in [0, 0.05) is 41.3 Å². The summed E-state index contributed by atoms with van der Waals surface area (Å²) in [5.41, 5.74) is -0.417. The lowest BCUT2D eigenvalue weighted by Crippen LogP contribution is -2.44. The number of nitrogens with one attached hydrogen (secondary N) is 1. The third-order valence-electron chi connectivity index (χ3n) is 3.08. The Balaban J connectivity index is 2.15. The highest BCUT2D eigenvalue weighted by molar-refractivity contribution is 7.84. The maximum atomic E-state index is 11.9. The van der Waals surface area contributed by atoms with Crippen LogP contribution in [0.4, 0.5) is 11.4 Å². The van der Waals surface area contributed by atoms with Crippen molar-refractivity contribution >= 4 is 22.2 Å². The van der Waals surface area contributed by atoms with E-state index in [0.29, 0.717) is 11.7 Å². The molecule has 1 N–H and O–H groups in total. The first kappa shape index (κ1) is 14.5. The largest absolute Gasteiger partial charge is 0.316 e. The summed E-state index contributed by atoms with van der Waals surface area (Å²) in [6.45, 7) is 1.63. The number of non-ortho nitro benzene ring substituents is 1. The smallest absolute Gasteiger partial charge is 0.280 e. The molecule has 0 radical (unpaired) electrons. The van der Waals surface area contributed by atoms with Gasteiger partial charge in [0.15, 0.2) is 0 Å². The molecule has 20 heavy (non-hydrogen) atoms. The first-order valence-corrected chi connectivity index (χ1v) is 7.43. The number of nitro groups is 2. The molecular weight excluding hydrogens is 286 g/mol. The zero-order chi connectivity index (χ0) is 14.7. The summed E-state index contributed by atoms with van der Waals surface area (Å²) in [7, 11) is -1.21. The number of hydrogen-bond acceptors (Lipinski definition) is 6. The van der Waals surface area contributed by atoms with E-state index in [-0.39, 0.29) is 22.7 Å². The molecule has 108 valence electrons. The summed E-state index contributed by atoms with van der Waals surface area (Å²) in [4.78, 5) is 20.2. The quantitative estimate of drug-likeness (QED) is 0.618. The number of rotatable bonds is 6. The van der Waals surface area contributed by atoms with Crippen LogP contribution in [0.3, 0.4) is 0 Å². The van der Waals surface area contributed by atoms with E-state index < -0.39 is 20.6 Å². The van der Waals surface area contributed by atoms with Gasteiger partial charge in [-0.1, -0.05) is 0 Å². The third-order valence-corrected chi connectivity index (χ3v) is 4.56. The highest BCUT2D eigenvalue weighted by Crippen LogP contribution is 2.26. The van der Waals surface area contributed by atoms with Crippen LogP contribution in [0.25, 0.3) is 0 Å². The number of benzene rings is 1. The van der Waals surface area contributed by atoms with E-state index >= 15 is 0 Å². The lowest BCUT2D eigenvalue weighted by molar-refractivity contribution is -0.394. The van der Waals surface area contributed by atoms with Crippen molar-refractivity contribution in [3.63, 3.8) is 0 Å². The molecule has 9 heteroatoms. The molecule has 0 spiro atoms. The molecule has 1 atom stereocenters. The average molecular weight is 299 g/mol. The summed E-state index contributed by atoms with van der Waals surface area (Å²) < 4.78 is 11.9. The maximum absolute atomic E-state index is 11.9. The minimum atomic E-state index is -1.21. The average Bonchev–Trinajstić information content (AvgIpc) is 2.33. The minimum absolute atomic E-state index is 0.0464. The standard InChI is InChI=1S/C11H13N3O5S/c15-13(16)10-2-1-9(11(3-10)14(17)18)7-20(19)6-8-4-12-5-8/h1-3,8,12H,4-7H2. The SMILES string of the molecule is O=[N+]([O-])c1ccc(CS(=O)CC2CNC2)c([N+](=O)[O-])c1. The summed E-state index contributed by atoms with van der Waals surface area (Å²) >= 11 is 0. The van der Waals surface area contributed by atoms with Gasteiger partial charge in [-0.2, -0.15) is 0 Å². The van der Waals surface area contributed by atoms with Crippen molar-refractivity contribution in [2.75, 3.05) is 18.8 Å². The molecule has 1 unspecified atom stereocenters. The molecule has 0 saturated carbocycles. The second kappa shape index (κ2) is 6.06. The zero-order valence-electron chi connectivity index (χ0n) is 10.5. The lowest BCUT2D eigenvalue weighted by atomic mass is 10.1. The monoisotopic (exact) mass is 299 g/mol. The Labute approximate surface area is 116 Å². The maximum Gasteiger partial charge on any atom is 0.280 e. The predicted octanol–water partition coefficient (Wildman–Crippen LogP) is 0.971. The van der Waals surface area contributed by atoms with Crippen LogP contribution in [0.15, 0.2) is 18.2 Å². The van der Waals surface area contributed by atoms with Gasteiger partial charge in [-0.3, -0.25) is 24.4 Å². The Morgan fingerprint density at radius 1 is 1.25 bits per heavy atom. The molecule has 1 fully saturated rings. The second-order valence-electron chi connectivity index (χ2n) is 4.60. The van der Waals surface area contributed by atoms with Crippen LogP contribution < -0.4 is 5.32 Å². The Morgan fingerprint density at radius 3 is 2.45 bits per heavy atom. The Morgan fingerprint density at radius 2 is 1.95 bits per heavy atom. The summed E-state index contributed by atoms with van der Waals surface area (Å²) in [5.74, 6) is 0.874. The summed E-state index contributed by atoms with van der Waals surface area (Å²) in [6, 6.07) is 3.43. The Hall–Kier alpha value is -1.87. The van der Waals surface area contributed by atoms with Gasteiger partial charge in [0.25, 0.3) is 11.4 Å². The van der Waals surface area contributed by atoms with Gasteiger partial charge in [-0.25, -0.2) is 0 Å². The fourth-order valence-corrected chi connectivity index (χ4v) is 3.39. The first-order valence-electron chi connectivity index (χ1n) is 5.94. The van der Waals surface area contributed by atoms with Crippen molar-refractivity contribution < 1.29 is 14.1 Å². The van der Waals surface area contributed by atoms with Gasteiger partial charge < -0.3 is 5.32 Å². The van der Waals surface area contributed by atoms with Crippen molar-refractivity contribution in [2.24, 2.45) is 5.92 Å². The predicted molar refractivity (Wildman–Crippen MR) is 72.8 cm³/mol. The van der Waals surface area contributed by atoms with Gasteiger partial charge in [0.2, 0.25) is 0 Å². The topological polar surface area (TPSA) is 115 Å². The van der Waals surface area contributed by atoms with Crippen LogP contribution >= 0.6 is 0 Å². The Bertz CT molecular complexity index is 573. The van der Waals surface area contributed by atoms with E-state index in [4.69, 9.17) is 0 Å². The van der Waals surface area contributed by atoms with Gasteiger partial charge in [-0.15, -0.1) is 0 Å². The molecular formula is C11H13N3O5S. The molecule has 1 aromatic rings. The molecule has 8 nitrogen and oxygen atoms in total. The van der Waals surface area contributed by atoms with Gasteiger partial charge in [-0.05, 0) is 12.0 Å². The van der Waals surface area contributed by atoms with E-state index in [9.17, 15) is 24.4 Å². The molecule has 1 saturated heterocycles. The zero-order valence-corrected chi connectivity index (χ0v) is 11.3. The van der Waals surface area contributed by atoms with E-state index in [0.717, 1.165) is 19.2 Å². The highest BCUT2D eigenvalue weighted by Gasteiger charge is 2.23. The van der Waals surface area contributed by atoms with Gasteiger partial charge in [0.05, 0.1) is 21.7 Å². The number of nitrogens with zero attached hydrogens (tertiary/aromatic N) is 2. The van der Waals surface area contributed by atoms with E-state index in [1.165, 1.54) is 12.1 Å². The molecule has 1 aliphatic rings. The molecule has 0 amide bonds. The lowest BCUT2D eigenvalue weighted by Gasteiger charge is -2.26. The van der Waals surface area contributed by atoms with Crippen LogP contribution in [-0.2, 0) is 16.6 Å². The van der Waals surface area contributed by atoms with Crippen LogP contribution in [0.1, 0.15) is 5.56 Å². The minimum Gasteiger partial charge on any atom is -0.316 e. The van der Waals surface area contributed by atoms with Crippen molar-refractivity contribution in [3.05, 3.63) is 44.0 Å². The van der Waals surface area contributed by atoms with Crippen molar-refractivity contribution in [2.45, 2.75) is 5.75 Å². The van der Waals surface area contributed by atoms with E-state index in [1.54, 1.807) is 0 Å². The molecule has 0 aliphatic carbocycles. The molecule has 0 aromatic heterocycles. The van der Waals surface area contributed by atoms with Crippen molar-refractivity contribution in [1.82, 2.24) is 5.32 Å². The fraction of sp³-hybridized carbons (Fsp3) is 0.455. The summed E-state index contributed by atoms with van der Waals surface area (Å²) in [5, 5.41) is 24.6. The van der Waals surface area contributed by atoms with Crippen LogP contribution in [0, 0.1) is 26.1 Å². The summed E-state index contributed by atoms with van der Waals surface area (Å²) in [6.07, 6.45) is 0. The Kier molecular flexibility index (Phi) is 4.40. The molecule has 1 aromatic carbocycles. The van der Waals surface area contributed by atoms with Gasteiger partial charge in [0.1, 0.15) is 0 Å². The highest BCUT2D eigenvalue weighted by atomic mass is 32.2. The van der Waals surface area contributed by atoms with E-state index in [1.807, 2.05) is 0 Å². The second-order valence-corrected chi connectivity index (χ2v) is 6.10. The van der Waals surface area contributed by atoms with Gasteiger partial charge >= 0.3 is 0 Å². The van der Waals surface area contributed by atoms with Crippen molar-refractivity contribution in [3.8, 4) is 0 Å². The molecule has 1 aliphatic heterocycles. The third kappa shape index (κ3) is 3.36. The molecule has 1 heterocycles. The molecule has 0 bridgehead atoms. The van der Waals surface area contributed by atoms with E-state index in [2.05, 4.69) is 5.32 Å².